The van der Waals surface area contributed by atoms with Crippen molar-refractivity contribution in [3.05, 3.63) is 59.4 Å². The van der Waals surface area contributed by atoms with E-state index in [9.17, 15) is 14.0 Å². The molecule has 1 atom stereocenters. The molecule has 0 fully saturated rings. The van der Waals surface area contributed by atoms with Gasteiger partial charge in [-0.3, -0.25) is 0 Å². The summed E-state index contributed by atoms with van der Waals surface area (Å²) in [6.07, 6.45) is 10.3. The quantitative estimate of drug-likeness (QED) is 0.138. The van der Waals surface area contributed by atoms with Gasteiger partial charge in [0.05, 0.1) is 18.8 Å². The van der Waals surface area contributed by atoms with E-state index in [-0.39, 0.29) is 35.2 Å². The maximum absolute atomic E-state index is 14.5. The van der Waals surface area contributed by atoms with Crippen molar-refractivity contribution < 1.29 is 28.2 Å². The molecule has 0 saturated carbocycles. The van der Waals surface area contributed by atoms with Gasteiger partial charge in [-0.05, 0) is 42.7 Å². The monoisotopic (exact) mass is 486 g/mol. The number of ether oxygens (including phenoxy) is 3. The lowest BCUT2D eigenvalue weighted by atomic mass is 10.1. The van der Waals surface area contributed by atoms with E-state index in [4.69, 9.17) is 14.2 Å². The van der Waals surface area contributed by atoms with Crippen molar-refractivity contribution in [2.45, 2.75) is 78.6 Å². The van der Waals surface area contributed by atoms with Crippen LogP contribution in [0.5, 0.6) is 11.5 Å². The van der Waals surface area contributed by atoms with E-state index in [2.05, 4.69) is 6.92 Å². The van der Waals surface area contributed by atoms with Crippen molar-refractivity contribution in [1.29, 1.82) is 0 Å². The number of carbonyl (C=O) groups is 2. The Kier molecular flexibility index (Phi) is 12.9. The first-order valence-electron chi connectivity index (χ1n) is 12.9. The van der Waals surface area contributed by atoms with Gasteiger partial charge in [0, 0.05) is 0 Å². The fourth-order valence-electron chi connectivity index (χ4n) is 3.46. The zero-order valence-corrected chi connectivity index (χ0v) is 21.3. The number of halogens is 1. The summed E-state index contributed by atoms with van der Waals surface area (Å²) < 4.78 is 30.8. The minimum atomic E-state index is -0.763. The normalized spacial score (nSPS) is 11.7. The third kappa shape index (κ3) is 10.1. The lowest BCUT2D eigenvalue weighted by Crippen LogP contribution is -2.15. The average molecular weight is 487 g/mol. The van der Waals surface area contributed by atoms with Gasteiger partial charge in [-0.25, -0.2) is 14.0 Å². The van der Waals surface area contributed by atoms with Gasteiger partial charge in [-0.2, -0.15) is 0 Å². The molecule has 0 spiro atoms. The van der Waals surface area contributed by atoms with Crippen LogP contribution in [0.4, 0.5) is 4.39 Å². The Morgan fingerprint density at radius 2 is 1.54 bits per heavy atom. The molecule has 5 nitrogen and oxygen atoms in total. The Hall–Kier alpha value is -2.89. The minimum absolute atomic E-state index is 0.0321. The molecule has 192 valence electrons. The number of carbonyl (C=O) groups excluding carboxylic acids is 2. The molecule has 2 aromatic rings. The first kappa shape index (κ1) is 28.3. The molecule has 0 aromatic heterocycles. The summed E-state index contributed by atoms with van der Waals surface area (Å²) in [5.74, 6) is -1.54. The molecule has 0 heterocycles. The Morgan fingerprint density at radius 3 is 2.23 bits per heavy atom. The summed E-state index contributed by atoms with van der Waals surface area (Å²) in [6.45, 7) is 6.92. The molecule has 0 unspecified atom stereocenters. The predicted molar refractivity (Wildman–Crippen MR) is 136 cm³/mol. The number of unbranched alkanes of at least 4 members (excludes halogenated alkanes) is 7. The van der Waals surface area contributed by atoms with E-state index >= 15 is 0 Å². The van der Waals surface area contributed by atoms with Crippen LogP contribution in [0.15, 0.2) is 42.5 Å². The topological polar surface area (TPSA) is 61.8 Å². The SMILES string of the molecule is CCCCCCCCCCOc1ccc(C(=O)Oc2ccccc2C(=O)OC[C@@H](C)CC)cc1F. The highest BCUT2D eigenvalue weighted by molar-refractivity contribution is 5.96. The number of hydrogen-bond acceptors (Lipinski definition) is 5. The van der Waals surface area contributed by atoms with Gasteiger partial charge in [0.25, 0.3) is 0 Å². The number of benzene rings is 2. The zero-order valence-electron chi connectivity index (χ0n) is 21.3. The highest BCUT2D eigenvalue weighted by Crippen LogP contribution is 2.23. The molecule has 0 bridgehead atoms. The second-order valence-corrected chi connectivity index (χ2v) is 8.97. The zero-order chi connectivity index (χ0) is 25.5. The largest absolute Gasteiger partial charge is 0.491 e. The average Bonchev–Trinajstić information content (AvgIpc) is 2.87. The van der Waals surface area contributed by atoms with E-state index < -0.39 is 17.8 Å². The predicted octanol–water partition coefficient (Wildman–Crippen LogP) is 7.77. The number of rotatable bonds is 16. The molecule has 0 radical (unpaired) electrons. The Balaban J connectivity index is 1.86. The summed E-state index contributed by atoms with van der Waals surface area (Å²) in [5.41, 5.74) is 0.180. The summed E-state index contributed by atoms with van der Waals surface area (Å²) in [6, 6.07) is 10.3. The number of hydrogen-bond donors (Lipinski definition) is 0. The van der Waals surface area contributed by atoms with Crippen LogP contribution in [0.1, 0.15) is 99.3 Å². The fourth-order valence-corrected chi connectivity index (χ4v) is 3.46. The molecule has 0 aliphatic rings. The second-order valence-electron chi connectivity index (χ2n) is 8.97. The van der Waals surface area contributed by atoms with E-state index in [1.54, 1.807) is 12.1 Å². The lowest BCUT2D eigenvalue weighted by Gasteiger charge is -2.13. The van der Waals surface area contributed by atoms with Gasteiger partial charge >= 0.3 is 11.9 Å². The molecule has 35 heavy (non-hydrogen) atoms. The Labute approximate surface area is 209 Å². The van der Waals surface area contributed by atoms with Gasteiger partial charge in [0.2, 0.25) is 0 Å². The highest BCUT2D eigenvalue weighted by atomic mass is 19.1. The maximum atomic E-state index is 14.5. The molecule has 0 saturated heterocycles. The molecule has 2 rings (SSSR count). The van der Waals surface area contributed by atoms with Crippen LogP contribution in [-0.4, -0.2) is 25.2 Å². The molecular weight excluding hydrogens is 447 g/mol. The molecular formula is C29H39FO5. The van der Waals surface area contributed by atoms with Gasteiger partial charge in [-0.15, -0.1) is 0 Å². The van der Waals surface area contributed by atoms with Gasteiger partial charge in [-0.1, -0.05) is 84.3 Å². The summed E-state index contributed by atoms with van der Waals surface area (Å²) in [4.78, 5) is 25.0. The minimum Gasteiger partial charge on any atom is -0.491 e. The van der Waals surface area contributed by atoms with Crippen LogP contribution in [-0.2, 0) is 4.74 Å². The van der Waals surface area contributed by atoms with Crippen LogP contribution in [0.25, 0.3) is 0 Å². The van der Waals surface area contributed by atoms with Crippen LogP contribution < -0.4 is 9.47 Å². The van der Waals surface area contributed by atoms with Crippen molar-refractivity contribution in [3.63, 3.8) is 0 Å². The van der Waals surface area contributed by atoms with Crippen molar-refractivity contribution in [3.8, 4) is 11.5 Å². The first-order chi connectivity index (χ1) is 17.0. The smallest absolute Gasteiger partial charge is 0.343 e. The number of esters is 2. The van der Waals surface area contributed by atoms with Crippen molar-refractivity contribution in [2.75, 3.05) is 13.2 Å². The summed E-state index contributed by atoms with van der Waals surface area (Å²) >= 11 is 0. The first-order valence-corrected chi connectivity index (χ1v) is 12.9. The number of para-hydroxylation sites is 1. The third-order valence-corrected chi connectivity index (χ3v) is 5.93. The standard InChI is InChI=1S/C29H39FO5/c1-4-6-7-8-9-10-11-14-19-33-27-18-17-23(20-25(27)30)28(31)35-26-16-13-12-15-24(26)29(32)34-21-22(3)5-2/h12-13,15-18,20,22H,4-11,14,19,21H2,1-3H3/t22-/m0/s1. The molecule has 6 heteroatoms. The third-order valence-electron chi connectivity index (χ3n) is 5.93. The van der Waals surface area contributed by atoms with Gasteiger partial charge < -0.3 is 14.2 Å². The maximum Gasteiger partial charge on any atom is 0.343 e. The highest BCUT2D eigenvalue weighted by Gasteiger charge is 2.19. The van der Waals surface area contributed by atoms with Crippen LogP contribution in [0.2, 0.25) is 0 Å². The fraction of sp³-hybridized carbons (Fsp3) is 0.517. The Bertz CT molecular complexity index is 927. The van der Waals surface area contributed by atoms with E-state index in [0.717, 1.165) is 31.7 Å². The van der Waals surface area contributed by atoms with Crippen LogP contribution in [0.3, 0.4) is 0 Å². The van der Waals surface area contributed by atoms with Crippen molar-refractivity contribution >= 4 is 11.9 Å². The van der Waals surface area contributed by atoms with E-state index in [0.29, 0.717) is 6.61 Å². The van der Waals surface area contributed by atoms with Crippen LogP contribution >= 0.6 is 0 Å². The van der Waals surface area contributed by atoms with Crippen molar-refractivity contribution in [1.82, 2.24) is 0 Å². The molecule has 0 aliphatic heterocycles. The Morgan fingerprint density at radius 1 is 0.857 bits per heavy atom. The summed E-state index contributed by atoms with van der Waals surface area (Å²) in [7, 11) is 0. The second kappa shape index (κ2) is 15.9. The van der Waals surface area contributed by atoms with Crippen molar-refractivity contribution in [2.24, 2.45) is 5.92 Å². The molecule has 0 aliphatic carbocycles. The molecule has 0 N–H and O–H groups in total. The molecule has 2 aromatic carbocycles. The van der Waals surface area contributed by atoms with Gasteiger partial charge in [0.15, 0.2) is 11.6 Å². The summed E-state index contributed by atoms with van der Waals surface area (Å²) in [5, 5.41) is 0. The molecule has 0 amide bonds. The van der Waals surface area contributed by atoms with E-state index in [1.807, 2.05) is 13.8 Å². The van der Waals surface area contributed by atoms with E-state index in [1.165, 1.54) is 56.4 Å². The van der Waals surface area contributed by atoms with Gasteiger partial charge in [0.1, 0.15) is 11.3 Å². The van der Waals surface area contributed by atoms with Crippen LogP contribution in [0, 0.1) is 11.7 Å². The lowest BCUT2D eigenvalue weighted by molar-refractivity contribution is 0.0442.